The highest BCUT2D eigenvalue weighted by Gasteiger charge is 2.33. The summed E-state index contributed by atoms with van der Waals surface area (Å²) < 4.78 is 31.7. The Morgan fingerprint density at radius 1 is 1.42 bits per heavy atom. The van der Waals surface area contributed by atoms with Crippen LogP contribution < -0.4 is 0 Å². The fourth-order valence-corrected chi connectivity index (χ4v) is 4.21. The Bertz CT molecular complexity index is 695. The first kappa shape index (κ1) is 12.4. The van der Waals surface area contributed by atoms with Gasteiger partial charge in [0.2, 0.25) is 10.0 Å². The van der Waals surface area contributed by atoms with Gasteiger partial charge in [-0.05, 0) is 25.5 Å². The van der Waals surface area contributed by atoms with Crippen LogP contribution in [0.2, 0.25) is 0 Å². The van der Waals surface area contributed by atoms with Crippen molar-refractivity contribution in [3.05, 3.63) is 35.0 Å². The first-order valence-corrected chi connectivity index (χ1v) is 7.52. The molecule has 19 heavy (non-hydrogen) atoms. The molecule has 1 aliphatic heterocycles. The molecule has 0 aliphatic carbocycles. The molecule has 0 radical (unpaired) electrons. The summed E-state index contributed by atoms with van der Waals surface area (Å²) in [6, 6.07) is 1.92. The molecule has 2 aromatic rings. The van der Waals surface area contributed by atoms with Gasteiger partial charge < -0.3 is 9.51 Å². The van der Waals surface area contributed by atoms with Gasteiger partial charge in [-0.25, -0.2) is 8.42 Å². The Kier molecular flexibility index (Phi) is 2.75. The number of rotatable bonds is 2. The third kappa shape index (κ3) is 1.89. The van der Waals surface area contributed by atoms with Gasteiger partial charge in [0.25, 0.3) is 0 Å². The van der Waals surface area contributed by atoms with Gasteiger partial charge in [-0.1, -0.05) is 5.16 Å². The monoisotopic (exact) mass is 281 g/mol. The van der Waals surface area contributed by atoms with Crippen molar-refractivity contribution in [1.29, 1.82) is 0 Å². The molecule has 0 amide bonds. The SMILES string of the molecule is Cc1noc(C)c1S(=O)(=O)N1CCc2[nH]ccc2C1. The van der Waals surface area contributed by atoms with Crippen molar-refractivity contribution in [3.8, 4) is 0 Å². The van der Waals surface area contributed by atoms with E-state index < -0.39 is 10.0 Å². The zero-order valence-electron chi connectivity index (χ0n) is 10.8. The highest BCUT2D eigenvalue weighted by Crippen LogP contribution is 2.27. The Labute approximate surface area is 111 Å². The minimum atomic E-state index is -3.54. The normalized spacial score (nSPS) is 16.5. The number of sulfonamides is 1. The minimum Gasteiger partial charge on any atom is -0.365 e. The molecule has 0 atom stereocenters. The van der Waals surface area contributed by atoms with Gasteiger partial charge in [0.1, 0.15) is 10.6 Å². The molecule has 6 nitrogen and oxygen atoms in total. The first-order chi connectivity index (χ1) is 9.00. The topological polar surface area (TPSA) is 79.2 Å². The lowest BCUT2D eigenvalue weighted by Gasteiger charge is -2.26. The van der Waals surface area contributed by atoms with Crippen molar-refractivity contribution in [3.63, 3.8) is 0 Å². The number of aromatic amines is 1. The molecular formula is C12H15N3O3S. The Morgan fingerprint density at radius 3 is 2.89 bits per heavy atom. The third-order valence-corrected chi connectivity index (χ3v) is 5.54. The first-order valence-electron chi connectivity index (χ1n) is 6.08. The average Bonchev–Trinajstić information content (AvgIpc) is 2.95. The van der Waals surface area contributed by atoms with E-state index in [9.17, 15) is 8.42 Å². The van der Waals surface area contributed by atoms with Gasteiger partial charge in [0.05, 0.1) is 0 Å². The summed E-state index contributed by atoms with van der Waals surface area (Å²) in [5, 5.41) is 3.72. The summed E-state index contributed by atoms with van der Waals surface area (Å²) in [6.45, 7) is 4.14. The van der Waals surface area contributed by atoms with E-state index in [2.05, 4.69) is 10.1 Å². The summed E-state index contributed by atoms with van der Waals surface area (Å²) in [5.74, 6) is 0.345. The summed E-state index contributed by atoms with van der Waals surface area (Å²) >= 11 is 0. The van der Waals surface area contributed by atoms with Crippen LogP contribution in [-0.2, 0) is 23.0 Å². The van der Waals surface area contributed by atoms with Gasteiger partial charge >= 0.3 is 0 Å². The number of hydrogen-bond acceptors (Lipinski definition) is 4. The standard InChI is InChI=1S/C12H15N3O3S/c1-8-12(9(2)18-14-8)19(16,17)15-6-4-11-10(7-15)3-5-13-11/h3,5,13H,4,6-7H2,1-2H3. The van der Waals surface area contributed by atoms with Crippen LogP contribution in [0.3, 0.4) is 0 Å². The smallest absolute Gasteiger partial charge is 0.248 e. The van der Waals surface area contributed by atoms with Crippen molar-refractivity contribution >= 4 is 10.0 Å². The number of aryl methyl sites for hydroxylation is 2. The van der Waals surface area contributed by atoms with Gasteiger partial charge in [0.15, 0.2) is 5.76 Å². The fraction of sp³-hybridized carbons (Fsp3) is 0.417. The molecule has 7 heteroatoms. The Hall–Kier alpha value is -1.60. The van der Waals surface area contributed by atoms with Crippen LogP contribution in [0.5, 0.6) is 0 Å². The molecule has 3 rings (SSSR count). The Balaban J connectivity index is 1.99. The van der Waals surface area contributed by atoms with Crippen LogP contribution in [0.25, 0.3) is 0 Å². The lowest BCUT2D eigenvalue weighted by Crippen LogP contribution is -2.36. The van der Waals surface area contributed by atoms with Crippen molar-refractivity contribution in [1.82, 2.24) is 14.4 Å². The van der Waals surface area contributed by atoms with E-state index in [1.807, 2.05) is 12.3 Å². The second kappa shape index (κ2) is 4.21. The number of fused-ring (bicyclic) bond motifs is 1. The van der Waals surface area contributed by atoms with Crippen molar-refractivity contribution in [2.45, 2.75) is 31.7 Å². The number of nitrogens with one attached hydrogen (secondary N) is 1. The van der Waals surface area contributed by atoms with Crippen LogP contribution >= 0.6 is 0 Å². The van der Waals surface area contributed by atoms with Crippen LogP contribution in [0.15, 0.2) is 21.7 Å². The molecule has 0 spiro atoms. The van der Waals surface area contributed by atoms with Gasteiger partial charge in [0, 0.05) is 31.4 Å². The van der Waals surface area contributed by atoms with E-state index in [1.54, 1.807) is 13.8 Å². The maximum absolute atomic E-state index is 12.6. The molecule has 102 valence electrons. The maximum Gasteiger partial charge on any atom is 0.248 e. The van der Waals surface area contributed by atoms with E-state index in [1.165, 1.54) is 4.31 Å². The van der Waals surface area contributed by atoms with Crippen molar-refractivity contribution in [2.75, 3.05) is 6.54 Å². The zero-order chi connectivity index (χ0) is 13.6. The molecule has 0 unspecified atom stereocenters. The molecule has 1 N–H and O–H groups in total. The molecule has 0 saturated heterocycles. The summed E-state index contributed by atoms with van der Waals surface area (Å²) in [7, 11) is -3.54. The van der Waals surface area contributed by atoms with E-state index in [0.29, 0.717) is 31.0 Å². The van der Waals surface area contributed by atoms with Crippen LogP contribution in [0.4, 0.5) is 0 Å². The van der Waals surface area contributed by atoms with Crippen molar-refractivity contribution in [2.24, 2.45) is 0 Å². The minimum absolute atomic E-state index is 0.200. The maximum atomic E-state index is 12.6. The summed E-state index contributed by atoms with van der Waals surface area (Å²) in [4.78, 5) is 3.34. The second-order valence-electron chi connectivity index (χ2n) is 4.72. The zero-order valence-corrected chi connectivity index (χ0v) is 11.6. The average molecular weight is 281 g/mol. The van der Waals surface area contributed by atoms with Gasteiger partial charge in [-0.3, -0.25) is 0 Å². The Morgan fingerprint density at radius 2 is 2.21 bits per heavy atom. The molecule has 2 aromatic heterocycles. The predicted octanol–water partition coefficient (Wildman–Crippen LogP) is 1.37. The predicted molar refractivity (Wildman–Crippen MR) is 68.1 cm³/mol. The second-order valence-corrected chi connectivity index (χ2v) is 6.60. The molecule has 0 aromatic carbocycles. The van der Waals surface area contributed by atoms with Crippen molar-refractivity contribution < 1.29 is 12.9 Å². The van der Waals surface area contributed by atoms with Crippen LogP contribution in [0.1, 0.15) is 22.7 Å². The van der Waals surface area contributed by atoms with E-state index in [-0.39, 0.29) is 4.90 Å². The largest absolute Gasteiger partial charge is 0.365 e. The van der Waals surface area contributed by atoms with Gasteiger partial charge in [-0.15, -0.1) is 0 Å². The lowest BCUT2D eigenvalue weighted by atomic mass is 10.1. The molecule has 1 aliphatic rings. The number of hydrogen-bond donors (Lipinski definition) is 1. The number of aromatic nitrogens is 2. The summed E-state index contributed by atoms with van der Waals surface area (Å²) in [6.07, 6.45) is 2.54. The van der Waals surface area contributed by atoms with E-state index in [0.717, 1.165) is 11.3 Å². The highest BCUT2D eigenvalue weighted by atomic mass is 32.2. The number of H-pyrrole nitrogens is 1. The van der Waals surface area contributed by atoms with Crippen LogP contribution in [0, 0.1) is 13.8 Å². The lowest BCUT2D eigenvalue weighted by molar-refractivity contribution is 0.381. The third-order valence-electron chi connectivity index (χ3n) is 3.45. The molecule has 0 bridgehead atoms. The fourth-order valence-electron chi connectivity index (χ4n) is 2.50. The number of nitrogens with zero attached hydrogens (tertiary/aromatic N) is 2. The van der Waals surface area contributed by atoms with Gasteiger partial charge in [-0.2, -0.15) is 4.31 Å². The molecule has 3 heterocycles. The molecular weight excluding hydrogens is 266 g/mol. The molecule has 0 fully saturated rings. The summed E-state index contributed by atoms with van der Waals surface area (Å²) in [5.41, 5.74) is 2.56. The molecule has 0 saturated carbocycles. The van der Waals surface area contributed by atoms with Crippen LogP contribution in [-0.4, -0.2) is 29.4 Å². The van der Waals surface area contributed by atoms with E-state index >= 15 is 0 Å². The van der Waals surface area contributed by atoms with E-state index in [4.69, 9.17) is 4.52 Å². The quantitative estimate of drug-likeness (QED) is 0.901. The highest BCUT2D eigenvalue weighted by molar-refractivity contribution is 7.89.